The van der Waals surface area contributed by atoms with Gasteiger partial charge in [0.15, 0.2) is 0 Å². The average Bonchev–Trinajstić information content (AvgIpc) is 2.73. The third kappa shape index (κ3) is 2.33. The normalized spacial score (nSPS) is 12.7. The highest BCUT2D eigenvalue weighted by atomic mass is 16.3. The first kappa shape index (κ1) is 12.9. The van der Waals surface area contributed by atoms with Crippen LogP contribution in [0.1, 0.15) is 39.6 Å². The summed E-state index contributed by atoms with van der Waals surface area (Å²) in [6, 6.07) is 6.38. The van der Waals surface area contributed by atoms with Crippen LogP contribution < -0.4 is 11.3 Å². The van der Waals surface area contributed by atoms with Crippen LogP contribution in [-0.4, -0.2) is 0 Å². The fourth-order valence-electron chi connectivity index (χ4n) is 2.27. The molecular weight excluding hydrogens is 224 g/mol. The summed E-state index contributed by atoms with van der Waals surface area (Å²) in [5, 5.41) is 0. The molecule has 0 aliphatic heterocycles. The molecule has 0 radical (unpaired) electrons. The molecule has 0 saturated carbocycles. The van der Waals surface area contributed by atoms with Crippen molar-refractivity contribution in [3.8, 4) is 0 Å². The number of aryl methyl sites for hydroxylation is 4. The summed E-state index contributed by atoms with van der Waals surface area (Å²) >= 11 is 0. The maximum absolute atomic E-state index is 5.71. The minimum atomic E-state index is -0.0262. The summed E-state index contributed by atoms with van der Waals surface area (Å²) in [7, 11) is 0. The molecule has 0 aliphatic carbocycles. The number of furan rings is 1. The number of hydrogen-bond donors (Lipinski definition) is 2. The Bertz CT molecular complexity index is 558. The van der Waals surface area contributed by atoms with Crippen molar-refractivity contribution >= 4 is 0 Å². The van der Waals surface area contributed by atoms with Crippen molar-refractivity contribution in [1.82, 2.24) is 5.43 Å². The van der Waals surface area contributed by atoms with Gasteiger partial charge in [0.2, 0.25) is 0 Å². The highest BCUT2D eigenvalue weighted by molar-refractivity contribution is 5.42. The van der Waals surface area contributed by atoms with Gasteiger partial charge in [0.1, 0.15) is 5.76 Å². The van der Waals surface area contributed by atoms with E-state index < -0.39 is 0 Å². The van der Waals surface area contributed by atoms with Gasteiger partial charge in [0.25, 0.3) is 0 Å². The van der Waals surface area contributed by atoms with E-state index in [2.05, 4.69) is 38.3 Å². The highest BCUT2D eigenvalue weighted by Crippen LogP contribution is 2.27. The number of hydrazine groups is 1. The van der Waals surface area contributed by atoms with E-state index in [4.69, 9.17) is 10.3 Å². The van der Waals surface area contributed by atoms with Crippen molar-refractivity contribution in [1.29, 1.82) is 0 Å². The first-order chi connectivity index (χ1) is 8.52. The fourth-order valence-corrected chi connectivity index (χ4v) is 2.27. The highest BCUT2D eigenvalue weighted by Gasteiger charge is 2.17. The zero-order valence-electron chi connectivity index (χ0n) is 11.4. The molecule has 1 heterocycles. The Morgan fingerprint density at radius 3 is 2.22 bits per heavy atom. The van der Waals surface area contributed by atoms with E-state index >= 15 is 0 Å². The van der Waals surface area contributed by atoms with Crippen molar-refractivity contribution in [3.63, 3.8) is 0 Å². The molecule has 0 bridgehead atoms. The molecule has 0 amide bonds. The van der Waals surface area contributed by atoms with E-state index in [1.54, 1.807) is 6.26 Å². The molecule has 1 atom stereocenters. The second-order valence-corrected chi connectivity index (χ2v) is 4.88. The molecule has 1 aromatic carbocycles. The van der Waals surface area contributed by atoms with Crippen molar-refractivity contribution in [2.24, 2.45) is 5.84 Å². The van der Waals surface area contributed by atoms with E-state index in [0.717, 1.165) is 11.3 Å². The molecule has 0 fully saturated rings. The van der Waals surface area contributed by atoms with Crippen LogP contribution in [0.25, 0.3) is 0 Å². The van der Waals surface area contributed by atoms with Crippen LogP contribution in [0.15, 0.2) is 28.9 Å². The maximum Gasteiger partial charge on any atom is 0.101 e. The number of benzene rings is 1. The quantitative estimate of drug-likeness (QED) is 0.644. The zero-order valence-corrected chi connectivity index (χ0v) is 11.4. The maximum atomic E-state index is 5.71. The minimum absolute atomic E-state index is 0.0262. The minimum Gasteiger partial charge on any atom is -0.469 e. The molecule has 2 rings (SSSR count). The molecule has 2 aromatic rings. The largest absolute Gasteiger partial charge is 0.469 e. The molecule has 3 heteroatoms. The van der Waals surface area contributed by atoms with Crippen LogP contribution in [0, 0.1) is 27.7 Å². The van der Waals surface area contributed by atoms with Gasteiger partial charge in [-0.2, -0.15) is 0 Å². The molecule has 3 N–H and O–H groups in total. The van der Waals surface area contributed by atoms with Crippen LogP contribution in [0.3, 0.4) is 0 Å². The molecule has 1 unspecified atom stereocenters. The average molecular weight is 244 g/mol. The first-order valence-electron chi connectivity index (χ1n) is 6.12. The van der Waals surface area contributed by atoms with Crippen LogP contribution in [-0.2, 0) is 0 Å². The molecule has 0 spiro atoms. The molecule has 1 aromatic heterocycles. The van der Waals surface area contributed by atoms with Gasteiger partial charge in [-0.3, -0.25) is 5.84 Å². The third-order valence-electron chi connectivity index (χ3n) is 3.44. The molecule has 18 heavy (non-hydrogen) atoms. The van der Waals surface area contributed by atoms with Gasteiger partial charge in [-0.15, -0.1) is 0 Å². The van der Waals surface area contributed by atoms with E-state index in [0.29, 0.717) is 0 Å². The van der Waals surface area contributed by atoms with E-state index in [1.807, 2.05) is 13.0 Å². The number of hydrogen-bond acceptors (Lipinski definition) is 3. The van der Waals surface area contributed by atoms with Gasteiger partial charge in [0.05, 0.1) is 12.3 Å². The zero-order chi connectivity index (χ0) is 13.3. The van der Waals surface area contributed by atoms with Gasteiger partial charge in [-0.1, -0.05) is 12.1 Å². The Morgan fingerprint density at radius 2 is 1.67 bits per heavy atom. The lowest BCUT2D eigenvalue weighted by molar-refractivity contribution is 0.525. The predicted molar refractivity (Wildman–Crippen MR) is 73.3 cm³/mol. The topological polar surface area (TPSA) is 51.2 Å². The first-order valence-corrected chi connectivity index (χ1v) is 6.12. The van der Waals surface area contributed by atoms with Crippen molar-refractivity contribution < 1.29 is 4.42 Å². The van der Waals surface area contributed by atoms with Crippen LogP contribution in [0.4, 0.5) is 0 Å². The van der Waals surface area contributed by atoms with Crippen LogP contribution >= 0.6 is 0 Å². The van der Waals surface area contributed by atoms with Crippen molar-refractivity contribution in [2.45, 2.75) is 33.7 Å². The third-order valence-corrected chi connectivity index (χ3v) is 3.44. The van der Waals surface area contributed by atoms with Crippen LogP contribution in [0.2, 0.25) is 0 Å². The fraction of sp³-hybridized carbons (Fsp3) is 0.333. The predicted octanol–water partition coefficient (Wildman–Crippen LogP) is 3.07. The molecule has 3 nitrogen and oxygen atoms in total. The lowest BCUT2D eigenvalue weighted by atomic mass is 9.93. The molecular formula is C15H20N2O. The van der Waals surface area contributed by atoms with Gasteiger partial charge in [-0.25, -0.2) is 5.43 Å². The van der Waals surface area contributed by atoms with Gasteiger partial charge in [-0.05, 0) is 56.0 Å². The van der Waals surface area contributed by atoms with Gasteiger partial charge >= 0.3 is 0 Å². The number of nitrogens with two attached hydrogens (primary N) is 1. The summed E-state index contributed by atoms with van der Waals surface area (Å²) < 4.78 is 5.37. The Morgan fingerprint density at radius 1 is 1.00 bits per heavy atom. The van der Waals surface area contributed by atoms with E-state index in [-0.39, 0.29) is 6.04 Å². The van der Waals surface area contributed by atoms with Gasteiger partial charge in [0, 0.05) is 5.56 Å². The summed E-state index contributed by atoms with van der Waals surface area (Å²) in [4.78, 5) is 0. The van der Waals surface area contributed by atoms with Crippen molar-refractivity contribution in [2.75, 3.05) is 0 Å². The summed E-state index contributed by atoms with van der Waals surface area (Å²) in [6.07, 6.45) is 1.76. The number of rotatable bonds is 3. The summed E-state index contributed by atoms with van der Waals surface area (Å²) in [5.41, 5.74) is 8.94. The lowest BCUT2D eigenvalue weighted by Crippen LogP contribution is -2.29. The Kier molecular flexibility index (Phi) is 3.55. The Balaban J connectivity index is 2.48. The van der Waals surface area contributed by atoms with E-state index in [9.17, 15) is 0 Å². The van der Waals surface area contributed by atoms with E-state index in [1.165, 1.54) is 22.3 Å². The number of nitrogens with one attached hydrogen (secondary N) is 1. The molecule has 0 saturated heterocycles. The molecule has 0 aliphatic rings. The van der Waals surface area contributed by atoms with Crippen LogP contribution in [0.5, 0.6) is 0 Å². The standard InChI is InChI=1S/C15H20N2O/c1-9-5-11(3)14(6-10(9)2)15(17-16)13-7-12(4)18-8-13/h5-8,15,17H,16H2,1-4H3. The Labute approximate surface area is 108 Å². The Hall–Kier alpha value is -1.58. The second kappa shape index (κ2) is 4.96. The summed E-state index contributed by atoms with van der Waals surface area (Å²) in [6.45, 7) is 8.29. The SMILES string of the molecule is Cc1cc(C(NN)c2cc(C)c(C)cc2C)co1. The second-order valence-electron chi connectivity index (χ2n) is 4.88. The molecule has 96 valence electrons. The summed E-state index contributed by atoms with van der Waals surface area (Å²) in [5.74, 6) is 6.61. The smallest absolute Gasteiger partial charge is 0.101 e. The lowest BCUT2D eigenvalue weighted by Gasteiger charge is -2.19. The monoisotopic (exact) mass is 244 g/mol. The van der Waals surface area contributed by atoms with Gasteiger partial charge < -0.3 is 4.42 Å². The van der Waals surface area contributed by atoms with Crippen molar-refractivity contribution in [3.05, 3.63) is 58.0 Å².